The van der Waals surface area contributed by atoms with E-state index in [2.05, 4.69) is 10.4 Å². The minimum absolute atomic E-state index is 0.0367. The molecule has 0 aliphatic carbocycles. The zero-order valence-electron chi connectivity index (χ0n) is 11.2. The summed E-state index contributed by atoms with van der Waals surface area (Å²) in [6, 6.07) is 12.1. The van der Waals surface area contributed by atoms with E-state index >= 15 is 0 Å². The molecule has 21 heavy (non-hydrogen) atoms. The minimum Gasteiger partial charge on any atom is -0.304 e. The summed E-state index contributed by atoms with van der Waals surface area (Å²) >= 11 is 0. The molecular weight excluding hydrogens is 266 g/mol. The number of hydrogen-bond donors (Lipinski definition) is 1. The van der Waals surface area contributed by atoms with E-state index in [0.29, 0.717) is 16.9 Å². The van der Waals surface area contributed by atoms with Crippen molar-refractivity contribution in [1.29, 1.82) is 10.5 Å². The van der Waals surface area contributed by atoms with Crippen molar-refractivity contribution in [1.82, 2.24) is 9.78 Å². The van der Waals surface area contributed by atoms with Gasteiger partial charge in [0.1, 0.15) is 11.6 Å². The summed E-state index contributed by atoms with van der Waals surface area (Å²) in [5.74, 6) is -0.149. The van der Waals surface area contributed by atoms with E-state index in [1.807, 2.05) is 12.1 Å². The summed E-state index contributed by atoms with van der Waals surface area (Å²) in [5, 5.41) is 24.4. The lowest BCUT2D eigenvalue weighted by atomic mass is 10.1. The molecule has 0 aliphatic rings. The topological polar surface area (TPSA) is 94.5 Å². The highest BCUT2D eigenvalue weighted by Gasteiger charge is 2.10. The fourth-order valence-corrected chi connectivity index (χ4v) is 1.63. The van der Waals surface area contributed by atoms with Crippen LogP contribution in [0.15, 0.2) is 42.1 Å². The van der Waals surface area contributed by atoms with Crippen LogP contribution in [0, 0.1) is 22.7 Å². The molecule has 0 saturated heterocycles. The molecule has 0 aliphatic heterocycles. The highest BCUT2D eigenvalue weighted by Crippen LogP contribution is 2.10. The van der Waals surface area contributed by atoms with E-state index in [1.54, 1.807) is 48.3 Å². The van der Waals surface area contributed by atoms with E-state index in [9.17, 15) is 4.79 Å². The lowest BCUT2D eigenvalue weighted by molar-refractivity contribution is -0.112. The van der Waals surface area contributed by atoms with Crippen molar-refractivity contribution in [2.45, 2.75) is 0 Å². The second-order valence-electron chi connectivity index (χ2n) is 4.23. The summed E-state index contributed by atoms with van der Waals surface area (Å²) in [6.45, 7) is 0. The van der Waals surface area contributed by atoms with Gasteiger partial charge in [-0.2, -0.15) is 15.6 Å². The number of carbonyl (C=O) groups is 1. The maximum absolute atomic E-state index is 12.0. The van der Waals surface area contributed by atoms with Gasteiger partial charge in [-0.05, 0) is 23.8 Å². The maximum Gasteiger partial charge on any atom is 0.267 e. The molecule has 2 aromatic rings. The maximum atomic E-state index is 12.0. The normalized spacial score (nSPS) is 10.5. The number of anilines is 1. The van der Waals surface area contributed by atoms with Gasteiger partial charge in [0.05, 0.1) is 11.6 Å². The quantitative estimate of drug-likeness (QED) is 0.684. The molecule has 102 valence electrons. The molecule has 0 atom stereocenters. The molecule has 1 heterocycles. The van der Waals surface area contributed by atoms with Gasteiger partial charge in [-0.25, -0.2) is 0 Å². The van der Waals surface area contributed by atoms with E-state index in [4.69, 9.17) is 10.5 Å². The van der Waals surface area contributed by atoms with E-state index in [-0.39, 0.29) is 5.57 Å². The molecule has 0 spiro atoms. The summed E-state index contributed by atoms with van der Waals surface area (Å²) in [7, 11) is 1.73. The zero-order valence-corrected chi connectivity index (χ0v) is 11.2. The van der Waals surface area contributed by atoms with Crippen LogP contribution in [0.4, 0.5) is 5.82 Å². The lowest BCUT2D eigenvalue weighted by Gasteiger charge is -2.00. The molecule has 1 aromatic carbocycles. The number of aryl methyl sites for hydroxylation is 1. The van der Waals surface area contributed by atoms with Gasteiger partial charge >= 0.3 is 0 Å². The van der Waals surface area contributed by atoms with Crippen LogP contribution >= 0.6 is 0 Å². The molecule has 1 amide bonds. The average Bonchev–Trinajstić information content (AvgIpc) is 2.90. The Hall–Kier alpha value is -3.38. The van der Waals surface area contributed by atoms with Crippen molar-refractivity contribution in [2.75, 3.05) is 5.32 Å². The molecule has 0 radical (unpaired) electrons. The number of nitrogens with one attached hydrogen (secondary N) is 1. The molecule has 6 heteroatoms. The number of nitriles is 2. The summed E-state index contributed by atoms with van der Waals surface area (Å²) in [4.78, 5) is 12.0. The molecule has 2 rings (SSSR count). The van der Waals surface area contributed by atoms with Crippen LogP contribution in [0.25, 0.3) is 6.08 Å². The van der Waals surface area contributed by atoms with Crippen LogP contribution in [0.3, 0.4) is 0 Å². The van der Waals surface area contributed by atoms with Crippen molar-refractivity contribution >= 4 is 17.8 Å². The molecule has 0 saturated carbocycles. The predicted octanol–water partition coefficient (Wildman–Crippen LogP) is 1.84. The van der Waals surface area contributed by atoms with Crippen molar-refractivity contribution in [3.05, 3.63) is 53.2 Å². The SMILES string of the molecule is Cn1ccc(NC(=O)/C(C#N)=C/c2ccc(C#N)cc2)n1. The third kappa shape index (κ3) is 3.55. The van der Waals surface area contributed by atoms with Gasteiger partial charge in [0.25, 0.3) is 5.91 Å². The first kappa shape index (κ1) is 14.0. The Morgan fingerprint density at radius 3 is 2.52 bits per heavy atom. The van der Waals surface area contributed by atoms with Gasteiger partial charge in [0.2, 0.25) is 0 Å². The van der Waals surface area contributed by atoms with Crippen molar-refractivity contribution < 1.29 is 4.79 Å². The van der Waals surface area contributed by atoms with E-state index in [1.165, 1.54) is 6.08 Å². The first-order valence-electron chi connectivity index (χ1n) is 6.05. The smallest absolute Gasteiger partial charge is 0.267 e. The van der Waals surface area contributed by atoms with Crippen LogP contribution in [0.5, 0.6) is 0 Å². The number of hydrogen-bond acceptors (Lipinski definition) is 4. The second kappa shape index (κ2) is 6.18. The standard InChI is InChI=1S/C15H11N5O/c1-20-7-6-14(19-20)18-15(21)13(10-17)8-11-2-4-12(9-16)5-3-11/h2-8H,1H3,(H,18,19,21)/b13-8+. The molecule has 1 N–H and O–H groups in total. The van der Waals surface area contributed by atoms with Gasteiger partial charge in [-0.3, -0.25) is 9.48 Å². The predicted molar refractivity (Wildman–Crippen MR) is 76.6 cm³/mol. The summed E-state index contributed by atoms with van der Waals surface area (Å²) in [5.41, 5.74) is 1.15. The van der Waals surface area contributed by atoms with Crippen LogP contribution in [-0.4, -0.2) is 15.7 Å². The minimum atomic E-state index is -0.527. The Morgan fingerprint density at radius 1 is 1.29 bits per heavy atom. The molecule has 6 nitrogen and oxygen atoms in total. The van der Waals surface area contributed by atoms with Crippen LogP contribution < -0.4 is 5.32 Å². The number of nitrogens with zero attached hydrogens (tertiary/aromatic N) is 4. The number of benzene rings is 1. The third-order valence-corrected chi connectivity index (χ3v) is 2.67. The molecule has 0 bridgehead atoms. The average molecular weight is 277 g/mol. The van der Waals surface area contributed by atoms with Gasteiger partial charge < -0.3 is 5.32 Å². The van der Waals surface area contributed by atoms with Crippen molar-refractivity contribution in [3.63, 3.8) is 0 Å². The fourth-order valence-electron chi connectivity index (χ4n) is 1.63. The van der Waals surface area contributed by atoms with Crippen LogP contribution in [0.1, 0.15) is 11.1 Å². The number of rotatable bonds is 3. The molecule has 1 aromatic heterocycles. The fraction of sp³-hybridized carbons (Fsp3) is 0.0667. The van der Waals surface area contributed by atoms with Crippen LogP contribution in [-0.2, 0) is 11.8 Å². The lowest BCUT2D eigenvalue weighted by Crippen LogP contribution is -2.14. The van der Waals surface area contributed by atoms with Gasteiger partial charge in [0, 0.05) is 19.3 Å². The van der Waals surface area contributed by atoms with Crippen LogP contribution in [0.2, 0.25) is 0 Å². The van der Waals surface area contributed by atoms with E-state index in [0.717, 1.165) is 0 Å². The Kier molecular flexibility index (Phi) is 4.13. The number of carbonyl (C=O) groups excluding carboxylic acids is 1. The highest BCUT2D eigenvalue weighted by atomic mass is 16.1. The Labute approximate surface area is 121 Å². The second-order valence-corrected chi connectivity index (χ2v) is 4.23. The Balaban J connectivity index is 2.18. The molecule has 0 unspecified atom stereocenters. The monoisotopic (exact) mass is 277 g/mol. The molecule has 0 fully saturated rings. The summed E-state index contributed by atoms with van der Waals surface area (Å²) in [6.07, 6.45) is 3.14. The largest absolute Gasteiger partial charge is 0.304 e. The highest BCUT2D eigenvalue weighted by molar-refractivity contribution is 6.09. The number of aromatic nitrogens is 2. The van der Waals surface area contributed by atoms with Crippen molar-refractivity contribution in [3.8, 4) is 12.1 Å². The van der Waals surface area contributed by atoms with Crippen molar-refractivity contribution in [2.24, 2.45) is 7.05 Å². The van der Waals surface area contributed by atoms with Gasteiger partial charge in [-0.1, -0.05) is 12.1 Å². The van der Waals surface area contributed by atoms with E-state index < -0.39 is 5.91 Å². The Bertz CT molecular complexity index is 772. The Morgan fingerprint density at radius 2 is 2.00 bits per heavy atom. The first-order valence-corrected chi connectivity index (χ1v) is 6.05. The van der Waals surface area contributed by atoms with Gasteiger partial charge in [0.15, 0.2) is 5.82 Å². The van der Waals surface area contributed by atoms with Gasteiger partial charge in [-0.15, -0.1) is 0 Å². The number of amides is 1. The third-order valence-electron chi connectivity index (χ3n) is 2.67. The zero-order chi connectivity index (χ0) is 15.2. The molecular formula is C15H11N5O. The first-order chi connectivity index (χ1) is 10.1. The summed E-state index contributed by atoms with van der Waals surface area (Å²) < 4.78 is 1.55.